The highest BCUT2D eigenvalue weighted by atomic mass is 32.2. The third kappa shape index (κ3) is 5.23. The van der Waals surface area contributed by atoms with Crippen molar-refractivity contribution in [3.63, 3.8) is 0 Å². The molecule has 4 nitrogen and oxygen atoms in total. The number of nitrogens with two attached hydrogens (primary N) is 1. The number of amides is 1. The van der Waals surface area contributed by atoms with Crippen molar-refractivity contribution in [3.8, 4) is 0 Å². The molecule has 1 aliphatic carbocycles. The number of ether oxygens (including phenoxy) is 1. The molecule has 0 saturated heterocycles. The molecule has 1 fully saturated rings. The van der Waals surface area contributed by atoms with Crippen molar-refractivity contribution in [2.24, 2.45) is 11.7 Å². The molecule has 3 unspecified atom stereocenters. The van der Waals surface area contributed by atoms with Crippen LogP contribution in [-0.2, 0) is 9.53 Å². The van der Waals surface area contributed by atoms with Gasteiger partial charge in [0, 0.05) is 23.3 Å². The fraction of sp³-hybridized carbons (Fsp3) is 0.632. The highest BCUT2D eigenvalue weighted by molar-refractivity contribution is 7.99. The molecule has 1 aliphatic rings. The van der Waals surface area contributed by atoms with Gasteiger partial charge in [0.05, 0.1) is 18.6 Å². The zero-order valence-corrected chi connectivity index (χ0v) is 15.8. The number of hydrogen-bond acceptors (Lipinski definition) is 4. The first-order valence-corrected chi connectivity index (χ1v) is 9.73. The van der Waals surface area contributed by atoms with E-state index in [-0.39, 0.29) is 23.4 Å². The molecular formula is C19H30N2O2S. The molecule has 1 saturated carbocycles. The summed E-state index contributed by atoms with van der Waals surface area (Å²) in [7, 11) is 1.71. The lowest BCUT2D eigenvalue weighted by Crippen LogP contribution is -2.53. The third-order valence-electron chi connectivity index (χ3n) is 4.87. The van der Waals surface area contributed by atoms with Crippen molar-refractivity contribution in [3.05, 3.63) is 29.8 Å². The average Bonchev–Trinajstić information content (AvgIpc) is 2.55. The third-order valence-corrected chi connectivity index (χ3v) is 5.84. The SMILES string of the molecule is COCCSc1ccc(C(C)NC(=O)C2CCCCC2(C)N)cc1. The largest absolute Gasteiger partial charge is 0.384 e. The molecule has 1 aromatic carbocycles. The molecule has 3 atom stereocenters. The summed E-state index contributed by atoms with van der Waals surface area (Å²) < 4.78 is 5.07. The molecule has 0 heterocycles. The zero-order chi connectivity index (χ0) is 17.6. The normalized spacial score (nSPS) is 25.2. The van der Waals surface area contributed by atoms with E-state index in [1.165, 1.54) is 4.90 Å². The van der Waals surface area contributed by atoms with Crippen LogP contribution >= 0.6 is 11.8 Å². The fourth-order valence-corrected chi connectivity index (χ4v) is 4.10. The predicted octanol–water partition coefficient (Wildman–Crippen LogP) is 3.51. The lowest BCUT2D eigenvalue weighted by Gasteiger charge is -2.37. The number of methoxy groups -OCH3 is 1. The highest BCUT2D eigenvalue weighted by Crippen LogP contribution is 2.32. The molecule has 0 radical (unpaired) electrons. The molecule has 0 aromatic heterocycles. The van der Waals surface area contributed by atoms with Crippen molar-refractivity contribution in [1.29, 1.82) is 0 Å². The second-order valence-corrected chi connectivity index (χ2v) is 8.11. The lowest BCUT2D eigenvalue weighted by atomic mass is 9.74. The zero-order valence-electron chi connectivity index (χ0n) is 15.0. The second-order valence-electron chi connectivity index (χ2n) is 6.94. The van der Waals surface area contributed by atoms with Gasteiger partial charge < -0.3 is 15.8 Å². The van der Waals surface area contributed by atoms with Crippen LogP contribution in [0.15, 0.2) is 29.2 Å². The smallest absolute Gasteiger partial charge is 0.225 e. The van der Waals surface area contributed by atoms with Gasteiger partial charge in [0.15, 0.2) is 0 Å². The Labute approximate surface area is 149 Å². The van der Waals surface area contributed by atoms with Crippen LogP contribution in [0.25, 0.3) is 0 Å². The number of thioether (sulfide) groups is 1. The summed E-state index contributed by atoms with van der Waals surface area (Å²) in [6, 6.07) is 8.37. The van der Waals surface area contributed by atoms with Crippen molar-refractivity contribution in [2.75, 3.05) is 19.5 Å². The van der Waals surface area contributed by atoms with Crippen LogP contribution in [0.1, 0.15) is 51.1 Å². The Kier molecular flexibility index (Phi) is 7.14. The molecule has 24 heavy (non-hydrogen) atoms. The van der Waals surface area contributed by atoms with E-state index in [1.807, 2.05) is 13.8 Å². The molecule has 2 rings (SSSR count). The van der Waals surface area contributed by atoms with Crippen molar-refractivity contribution < 1.29 is 9.53 Å². The van der Waals surface area contributed by atoms with Crippen molar-refractivity contribution in [1.82, 2.24) is 5.32 Å². The highest BCUT2D eigenvalue weighted by Gasteiger charge is 2.38. The Hall–Kier alpha value is -1.04. The number of carbonyl (C=O) groups is 1. The standard InChI is InChI=1S/C19H30N2O2S/c1-14(15-7-9-16(10-8-15)24-13-12-23-3)21-18(22)17-6-4-5-11-19(17,2)20/h7-10,14,17H,4-6,11-13,20H2,1-3H3,(H,21,22). The molecule has 134 valence electrons. The molecule has 0 bridgehead atoms. The van der Waals surface area contributed by atoms with E-state index in [2.05, 4.69) is 29.6 Å². The van der Waals surface area contributed by atoms with Gasteiger partial charge in [-0.15, -0.1) is 11.8 Å². The van der Waals surface area contributed by atoms with Crippen LogP contribution in [0, 0.1) is 5.92 Å². The maximum atomic E-state index is 12.6. The van der Waals surface area contributed by atoms with Crippen molar-refractivity contribution >= 4 is 17.7 Å². The summed E-state index contributed by atoms with van der Waals surface area (Å²) in [6.45, 7) is 4.78. The van der Waals surface area contributed by atoms with Gasteiger partial charge in [0.2, 0.25) is 5.91 Å². The van der Waals surface area contributed by atoms with Crippen LogP contribution in [0.4, 0.5) is 0 Å². The number of hydrogen-bond donors (Lipinski definition) is 2. The van der Waals surface area contributed by atoms with E-state index in [9.17, 15) is 4.79 Å². The monoisotopic (exact) mass is 350 g/mol. The maximum Gasteiger partial charge on any atom is 0.225 e. The Bertz CT molecular complexity index is 531. The quantitative estimate of drug-likeness (QED) is 0.583. The summed E-state index contributed by atoms with van der Waals surface area (Å²) in [6.07, 6.45) is 4.02. The maximum absolute atomic E-state index is 12.6. The topological polar surface area (TPSA) is 64.3 Å². The predicted molar refractivity (Wildman–Crippen MR) is 100 cm³/mol. The first kappa shape index (κ1) is 19.3. The van der Waals surface area contributed by atoms with Crippen LogP contribution in [0.3, 0.4) is 0 Å². The van der Waals surface area contributed by atoms with E-state index in [4.69, 9.17) is 10.5 Å². The van der Waals surface area contributed by atoms with Gasteiger partial charge in [-0.2, -0.15) is 0 Å². The first-order valence-electron chi connectivity index (χ1n) is 8.75. The molecule has 0 aliphatic heterocycles. The van der Waals surface area contributed by atoms with Crippen LogP contribution in [0.2, 0.25) is 0 Å². The van der Waals surface area contributed by atoms with E-state index in [0.29, 0.717) is 0 Å². The van der Waals surface area contributed by atoms with E-state index in [1.54, 1.807) is 18.9 Å². The Balaban J connectivity index is 1.91. The Morgan fingerprint density at radius 2 is 2.12 bits per heavy atom. The van der Waals surface area contributed by atoms with Crippen LogP contribution in [-0.4, -0.2) is 30.9 Å². The van der Waals surface area contributed by atoms with E-state index >= 15 is 0 Å². The summed E-state index contributed by atoms with van der Waals surface area (Å²) >= 11 is 1.77. The van der Waals surface area contributed by atoms with Gasteiger partial charge in [0.1, 0.15) is 0 Å². The molecule has 1 aromatic rings. The molecule has 0 spiro atoms. The molecule has 5 heteroatoms. The minimum absolute atomic E-state index is 0.00625. The van der Waals surface area contributed by atoms with Gasteiger partial charge in [-0.3, -0.25) is 4.79 Å². The summed E-state index contributed by atoms with van der Waals surface area (Å²) in [4.78, 5) is 13.8. The van der Waals surface area contributed by atoms with E-state index < -0.39 is 0 Å². The second kappa shape index (κ2) is 8.88. The van der Waals surface area contributed by atoms with Gasteiger partial charge >= 0.3 is 0 Å². The van der Waals surface area contributed by atoms with Gasteiger partial charge in [-0.25, -0.2) is 0 Å². The summed E-state index contributed by atoms with van der Waals surface area (Å²) in [5, 5.41) is 3.15. The Morgan fingerprint density at radius 3 is 2.75 bits per heavy atom. The number of benzene rings is 1. The summed E-state index contributed by atoms with van der Waals surface area (Å²) in [5.74, 6) is 0.946. The number of carbonyl (C=O) groups excluding carboxylic acids is 1. The molecule has 3 N–H and O–H groups in total. The fourth-order valence-electron chi connectivity index (χ4n) is 3.28. The van der Waals surface area contributed by atoms with Gasteiger partial charge in [0.25, 0.3) is 0 Å². The minimum atomic E-state index is -0.385. The van der Waals surface area contributed by atoms with Crippen LogP contribution < -0.4 is 11.1 Å². The van der Waals surface area contributed by atoms with Crippen molar-refractivity contribution in [2.45, 2.75) is 56.0 Å². The Morgan fingerprint density at radius 1 is 1.42 bits per heavy atom. The van der Waals surface area contributed by atoms with Crippen LogP contribution in [0.5, 0.6) is 0 Å². The first-order chi connectivity index (χ1) is 11.4. The lowest BCUT2D eigenvalue weighted by molar-refractivity contribution is -0.128. The van der Waals surface area contributed by atoms with Gasteiger partial charge in [-0.1, -0.05) is 25.0 Å². The van der Waals surface area contributed by atoms with Gasteiger partial charge in [-0.05, 0) is 44.4 Å². The number of rotatable bonds is 7. The summed E-state index contributed by atoms with van der Waals surface area (Å²) in [5.41, 5.74) is 7.08. The molecule has 1 amide bonds. The van der Waals surface area contributed by atoms with E-state index in [0.717, 1.165) is 43.6 Å². The molecular weight excluding hydrogens is 320 g/mol. The minimum Gasteiger partial charge on any atom is -0.384 e. The number of nitrogens with one attached hydrogen (secondary N) is 1. The average molecular weight is 351 g/mol.